The summed E-state index contributed by atoms with van der Waals surface area (Å²) in [5.41, 5.74) is 1.50. The normalized spacial score (nSPS) is 10.8. The van der Waals surface area contributed by atoms with Gasteiger partial charge in [0.1, 0.15) is 16.4 Å². The van der Waals surface area contributed by atoms with E-state index < -0.39 is 5.97 Å². The van der Waals surface area contributed by atoms with Crippen molar-refractivity contribution in [3.8, 4) is 22.8 Å². The third-order valence-corrected chi connectivity index (χ3v) is 4.03. The van der Waals surface area contributed by atoms with Gasteiger partial charge in [-0.05, 0) is 18.2 Å². The van der Waals surface area contributed by atoms with Gasteiger partial charge in [0.25, 0.3) is 0 Å². The molecule has 0 aliphatic carbocycles. The molecule has 0 unspecified atom stereocenters. The molecule has 0 aliphatic rings. The van der Waals surface area contributed by atoms with Crippen LogP contribution < -0.4 is 9.47 Å². The van der Waals surface area contributed by atoms with Crippen LogP contribution in [0.25, 0.3) is 16.2 Å². The van der Waals surface area contributed by atoms with E-state index in [1.165, 1.54) is 0 Å². The number of aromatic carboxylic acids is 1. The Morgan fingerprint density at radius 2 is 2.10 bits per heavy atom. The van der Waals surface area contributed by atoms with E-state index in [9.17, 15) is 4.79 Å². The average Bonchev–Trinajstić information content (AvgIpc) is 3.05. The number of carboxylic acid groups (broad SMARTS) is 1. The summed E-state index contributed by atoms with van der Waals surface area (Å²) in [5, 5.41) is 8.97. The van der Waals surface area contributed by atoms with Crippen molar-refractivity contribution in [2.75, 3.05) is 14.2 Å². The molecule has 108 valence electrons. The average molecular weight is 304 g/mol. The van der Waals surface area contributed by atoms with Crippen molar-refractivity contribution in [2.45, 2.75) is 0 Å². The lowest BCUT2D eigenvalue weighted by Gasteiger charge is -2.08. The maximum absolute atomic E-state index is 10.9. The Hall–Kier alpha value is -2.54. The van der Waals surface area contributed by atoms with Gasteiger partial charge in [-0.3, -0.25) is 4.40 Å². The van der Waals surface area contributed by atoms with Gasteiger partial charge >= 0.3 is 5.97 Å². The Balaban J connectivity index is 2.11. The van der Waals surface area contributed by atoms with Crippen LogP contribution >= 0.6 is 11.3 Å². The van der Waals surface area contributed by atoms with Crippen molar-refractivity contribution >= 4 is 22.3 Å². The van der Waals surface area contributed by atoms with Crippen LogP contribution in [0.2, 0.25) is 0 Å². The molecular formula is C14H12N2O4S. The summed E-state index contributed by atoms with van der Waals surface area (Å²) in [6, 6.07) is 5.46. The first-order valence-electron chi connectivity index (χ1n) is 6.06. The van der Waals surface area contributed by atoms with E-state index in [2.05, 4.69) is 4.98 Å². The summed E-state index contributed by atoms with van der Waals surface area (Å²) in [6.45, 7) is 0. The highest BCUT2D eigenvalue weighted by molar-refractivity contribution is 7.18. The molecule has 2 heterocycles. The van der Waals surface area contributed by atoms with E-state index in [1.54, 1.807) is 31.0 Å². The molecule has 3 aromatic rings. The van der Waals surface area contributed by atoms with Crippen LogP contribution in [0.4, 0.5) is 0 Å². The Labute approximate surface area is 124 Å². The zero-order valence-corrected chi connectivity index (χ0v) is 12.2. The summed E-state index contributed by atoms with van der Waals surface area (Å²) in [4.78, 5) is 16.3. The molecule has 7 heteroatoms. The number of hydrogen-bond acceptors (Lipinski definition) is 5. The van der Waals surface area contributed by atoms with E-state index in [1.807, 2.05) is 18.2 Å². The van der Waals surface area contributed by atoms with E-state index in [4.69, 9.17) is 14.6 Å². The molecule has 0 atom stereocenters. The molecule has 0 spiro atoms. The number of imidazole rings is 1. The van der Waals surface area contributed by atoms with Gasteiger partial charge in [-0.2, -0.15) is 0 Å². The second-order valence-electron chi connectivity index (χ2n) is 4.28. The van der Waals surface area contributed by atoms with Gasteiger partial charge in [0.2, 0.25) is 0 Å². The largest absolute Gasteiger partial charge is 0.497 e. The van der Waals surface area contributed by atoms with Crippen molar-refractivity contribution in [3.63, 3.8) is 0 Å². The van der Waals surface area contributed by atoms with Crippen molar-refractivity contribution < 1.29 is 19.4 Å². The number of aromatic nitrogens is 2. The zero-order valence-electron chi connectivity index (χ0n) is 11.4. The lowest BCUT2D eigenvalue weighted by molar-refractivity contribution is 0.0702. The third kappa shape index (κ3) is 2.31. The van der Waals surface area contributed by atoms with E-state index in [0.29, 0.717) is 22.2 Å². The molecule has 6 nitrogen and oxygen atoms in total. The fraction of sp³-hybridized carbons (Fsp3) is 0.143. The molecule has 1 N–H and O–H groups in total. The van der Waals surface area contributed by atoms with Crippen LogP contribution in [-0.2, 0) is 0 Å². The Morgan fingerprint density at radius 1 is 1.29 bits per heavy atom. The van der Waals surface area contributed by atoms with Gasteiger partial charge in [0.05, 0.1) is 19.9 Å². The second kappa shape index (κ2) is 5.10. The fourth-order valence-corrected chi connectivity index (χ4v) is 2.84. The van der Waals surface area contributed by atoms with Crippen LogP contribution in [0.15, 0.2) is 30.6 Å². The lowest BCUT2D eigenvalue weighted by atomic mass is 10.1. The van der Waals surface area contributed by atoms with E-state index >= 15 is 0 Å². The molecule has 0 amide bonds. The van der Waals surface area contributed by atoms with Gasteiger partial charge in [-0.25, -0.2) is 9.78 Å². The molecular weight excluding hydrogens is 292 g/mol. The Kier molecular flexibility index (Phi) is 3.26. The molecule has 0 saturated carbocycles. The molecule has 3 rings (SSSR count). The first-order chi connectivity index (χ1) is 10.1. The van der Waals surface area contributed by atoms with Crippen LogP contribution in [0.3, 0.4) is 0 Å². The molecule has 0 fully saturated rings. The fourth-order valence-electron chi connectivity index (χ4n) is 2.04. The Bertz CT molecular complexity index is 790. The number of carboxylic acids is 1. The molecule has 0 bridgehead atoms. The monoisotopic (exact) mass is 304 g/mol. The van der Waals surface area contributed by atoms with Crippen molar-refractivity contribution in [3.05, 3.63) is 35.5 Å². The maximum atomic E-state index is 10.9. The SMILES string of the molecule is COc1ccc(OC)c(-c2cn3cc(C(=O)O)sc3n2)c1. The number of hydrogen-bond donors (Lipinski definition) is 1. The summed E-state index contributed by atoms with van der Waals surface area (Å²) in [7, 11) is 3.18. The molecule has 0 radical (unpaired) electrons. The first-order valence-corrected chi connectivity index (χ1v) is 6.88. The number of thiazole rings is 1. The van der Waals surface area contributed by atoms with Crippen LogP contribution in [0.1, 0.15) is 9.67 Å². The highest BCUT2D eigenvalue weighted by atomic mass is 32.1. The van der Waals surface area contributed by atoms with Gasteiger partial charge in [-0.15, -0.1) is 0 Å². The van der Waals surface area contributed by atoms with Crippen molar-refractivity contribution in [2.24, 2.45) is 0 Å². The van der Waals surface area contributed by atoms with Crippen molar-refractivity contribution in [1.82, 2.24) is 9.38 Å². The van der Waals surface area contributed by atoms with Crippen molar-refractivity contribution in [1.29, 1.82) is 0 Å². The number of rotatable bonds is 4. The smallest absolute Gasteiger partial charge is 0.347 e. The van der Waals surface area contributed by atoms with Crippen LogP contribution in [0, 0.1) is 0 Å². The first kappa shape index (κ1) is 13.4. The highest BCUT2D eigenvalue weighted by Gasteiger charge is 2.15. The quantitative estimate of drug-likeness (QED) is 0.802. The number of nitrogens with zero attached hydrogens (tertiary/aromatic N) is 2. The zero-order chi connectivity index (χ0) is 15.0. The lowest BCUT2D eigenvalue weighted by Crippen LogP contribution is -1.91. The van der Waals surface area contributed by atoms with E-state index in [-0.39, 0.29) is 4.88 Å². The molecule has 1 aromatic carbocycles. The standard InChI is InChI=1S/C14H12N2O4S/c1-19-8-3-4-11(20-2)9(5-8)10-6-16-7-12(13(17)18)21-14(16)15-10/h3-7H,1-2H3,(H,17,18). The number of methoxy groups -OCH3 is 2. The van der Waals surface area contributed by atoms with Gasteiger partial charge in [0, 0.05) is 18.0 Å². The van der Waals surface area contributed by atoms with Crippen LogP contribution in [0.5, 0.6) is 11.5 Å². The van der Waals surface area contributed by atoms with Gasteiger partial charge in [-0.1, -0.05) is 11.3 Å². The minimum Gasteiger partial charge on any atom is -0.497 e. The second-order valence-corrected chi connectivity index (χ2v) is 5.29. The predicted molar refractivity (Wildman–Crippen MR) is 78.6 cm³/mol. The summed E-state index contributed by atoms with van der Waals surface area (Å²) >= 11 is 1.12. The maximum Gasteiger partial charge on any atom is 0.347 e. The summed E-state index contributed by atoms with van der Waals surface area (Å²) in [6.07, 6.45) is 3.32. The minimum atomic E-state index is -0.953. The summed E-state index contributed by atoms with van der Waals surface area (Å²) in [5.74, 6) is 0.430. The van der Waals surface area contributed by atoms with E-state index in [0.717, 1.165) is 16.9 Å². The highest BCUT2D eigenvalue weighted by Crippen LogP contribution is 2.33. The molecule has 0 aliphatic heterocycles. The molecule has 21 heavy (non-hydrogen) atoms. The number of fused-ring (bicyclic) bond motifs is 1. The van der Waals surface area contributed by atoms with Crippen LogP contribution in [-0.4, -0.2) is 34.7 Å². The number of ether oxygens (including phenoxy) is 2. The minimum absolute atomic E-state index is 0.252. The Morgan fingerprint density at radius 3 is 2.71 bits per heavy atom. The topological polar surface area (TPSA) is 73.1 Å². The molecule has 0 saturated heterocycles. The van der Waals surface area contributed by atoms with Gasteiger partial charge in [0.15, 0.2) is 4.96 Å². The number of benzene rings is 1. The third-order valence-electron chi connectivity index (χ3n) is 3.05. The summed E-state index contributed by atoms with van der Waals surface area (Å²) < 4.78 is 12.3. The van der Waals surface area contributed by atoms with Gasteiger partial charge < -0.3 is 14.6 Å². The predicted octanol–water partition coefficient (Wildman–Crippen LogP) is 2.78. The number of carbonyl (C=O) groups is 1. The molecule has 2 aromatic heterocycles.